The van der Waals surface area contributed by atoms with Crippen molar-refractivity contribution in [1.82, 2.24) is 10.6 Å². The molecule has 0 saturated carbocycles. The quantitative estimate of drug-likeness (QED) is 0.286. The summed E-state index contributed by atoms with van der Waals surface area (Å²) in [5.41, 5.74) is 2.31. The van der Waals surface area contributed by atoms with E-state index in [1.165, 1.54) is 30.8 Å². The molecule has 6 N–H and O–H groups in total. The van der Waals surface area contributed by atoms with Gasteiger partial charge in [0.25, 0.3) is 0 Å². The monoisotopic (exact) mass is 571 g/mol. The van der Waals surface area contributed by atoms with E-state index in [9.17, 15) is 27.7 Å². The van der Waals surface area contributed by atoms with Gasteiger partial charge in [0.2, 0.25) is 17.7 Å². The van der Waals surface area contributed by atoms with E-state index in [0.29, 0.717) is 34.6 Å². The molecule has 0 aromatic heterocycles. The van der Waals surface area contributed by atoms with Crippen LogP contribution >= 0.6 is 19.4 Å². The van der Waals surface area contributed by atoms with Gasteiger partial charge in [0, 0.05) is 40.7 Å². The van der Waals surface area contributed by atoms with E-state index in [0.717, 1.165) is 17.0 Å². The number of halogens is 2. The number of nitrogens with two attached hydrogens (primary N) is 1. The molecule has 3 rings (SSSR count). The molecule has 3 amide bonds. The number of hydrogen-bond donors (Lipinski definition) is 5. The summed E-state index contributed by atoms with van der Waals surface area (Å²) < 4.78 is 44.5. The lowest BCUT2D eigenvalue weighted by molar-refractivity contribution is -0.128. The zero-order chi connectivity index (χ0) is 28.3. The van der Waals surface area contributed by atoms with E-state index in [1.807, 2.05) is 6.07 Å². The van der Waals surface area contributed by atoms with Crippen molar-refractivity contribution in [3.63, 3.8) is 0 Å². The molecule has 0 unspecified atom stereocenters. The Bertz CT molecular complexity index is 1270. The second-order valence-corrected chi connectivity index (χ2v) is 11.6. The third-order valence-electron chi connectivity index (χ3n) is 5.89. The van der Waals surface area contributed by atoms with Gasteiger partial charge in [-0.1, -0.05) is 24.3 Å². The van der Waals surface area contributed by atoms with E-state index in [-0.39, 0.29) is 13.0 Å². The lowest BCUT2D eigenvalue weighted by atomic mass is 9.99. The summed E-state index contributed by atoms with van der Waals surface area (Å²) in [5.74, 6) is -1.01. The Morgan fingerprint density at radius 1 is 1.18 bits per heavy atom. The van der Waals surface area contributed by atoms with Crippen molar-refractivity contribution >= 4 is 37.1 Å². The Balaban J connectivity index is 1.80. The zero-order valence-corrected chi connectivity index (χ0v) is 22.3. The number of benzene rings is 2. The van der Waals surface area contributed by atoms with Crippen LogP contribution in [-0.4, -0.2) is 45.9 Å². The Labute approximate surface area is 221 Å². The molecule has 0 saturated heterocycles. The van der Waals surface area contributed by atoms with Crippen LogP contribution in [0, 0.1) is 0 Å². The predicted molar refractivity (Wildman–Crippen MR) is 136 cm³/mol. The van der Waals surface area contributed by atoms with Gasteiger partial charge in [0.05, 0.1) is 19.3 Å². The number of carbonyl (C=O) groups excluding carboxylic acids is 3. The Morgan fingerprint density at radius 2 is 1.84 bits per heavy atom. The fourth-order valence-electron chi connectivity index (χ4n) is 3.90. The summed E-state index contributed by atoms with van der Waals surface area (Å²) in [7, 11) is -5.72. The molecule has 2 atom stereocenters. The van der Waals surface area contributed by atoms with E-state index < -0.39 is 48.6 Å². The number of primary amides is 1. The van der Waals surface area contributed by atoms with Crippen molar-refractivity contribution in [3.8, 4) is 0 Å². The highest BCUT2D eigenvalue weighted by molar-refractivity contribution is 7.99. The van der Waals surface area contributed by atoms with Crippen LogP contribution < -0.4 is 16.4 Å². The Kier molecular flexibility index (Phi) is 9.32. The second-order valence-electron chi connectivity index (χ2n) is 8.78. The fourth-order valence-corrected chi connectivity index (χ4v) is 5.37. The maximum absolute atomic E-state index is 13.9. The Morgan fingerprint density at radius 3 is 2.42 bits per heavy atom. The number of hydrogen-bond acceptors (Lipinski definition) is 6. The van der Waals surface area contributed by atoms with E-state index in [4.69, 9.17) is 20.3 Å². The maximum atomic E-state index is 13.9. The molecular formula is C24H28F2N3O7PS. The number of thioether (sulfide) groups is 1. The summed E-state index contributed by atoms with van der Waals surface area (Å²) in [4.78, 5) is 55.6. The molecular weight excluding hydrogens is 543 g/mol. The first kappa shape index (κ1) is 29.7. The molecule has 2 aromatic rings. The number of amides is 3. The molecule has 10 nitrogen and oxygen atoms in total. The summed E-state index contributed by atoms with van der Waals surface area (Å²) in [5, 5.41) is 5.32. The molecule has 38 heavy (non-hydrogen) atoms. The minimum atomic E-state index is -5.72. The zero-order valence-electron chi connectivity index (χ0n) is 20.6. The van der Waals surface area contributed by atoms with Crippen molar-refractivity contribution in [2.24, 2.45) is 5.73 Å². The predicted octanol–water partition coefficient (Wildman–Crippen LogP) is 2.56. The maximum Gasteiger partial charge on any atom is 0.399 e. The molecule has 14 heteroatoms. The Hall–Kier alpha value is -2.83. The topological polar surface area (TPSA) is 168 Å². The molecule has 1 aliphatic rings. The van der Waals surface area contributed by atoms with Crippen molar-refractivity contribution in [1.29, 1.82) is 0 Å². The third-order valence-corrected chi connectivity index (χ3v) is 7.92. The van der Waals surface area contributed by atoms with Gasteiger partial charge < -0.3 is 30.9 Å². The first-order valence-corrected chi connectivity index (χ1v) is 14.1. The number of carbonyl (C=O) groups is 3. The number of rotatable bonds is 9. The van der Waals surface area contributed by atoms with Crippen molar-refractivity contribution < 1.29 is 42.3 Å². The van der Waals surface area contributed by atoms with Gasteiger partial charge in [-0.2, -0.15) is 8.78 Å². The van der Waals surface area contributed by atoms with Gasteiger partial charge in [-0.15, -0.1) is 11.8 Å². The highest BCUT2D eigenvalue weighted by Gasteiger charge is 2.50. The molecule has 0 spiro atoms. The SMILES string of the molecule is CC(=O)N[C@@H](Cc1ccc(C(F)(F)P(=O)(O)O)cc1)C(=O)N[C@@H](C)c1cc2c(c(C(N)=O)c1)COCCS2. The summed E-state index contributed by atoms with van der Waals surface area (Å²) in [6.45, 7) is 3.67. The molecule has 1 aliphatic heterocycles. The van der Waals surface area contributed by atoms with Crippen LogP contribution in [0.4, 0.5) is 8.78 Å². The second kappa shape index (κ2) is 11.9. The largest absolute Gasteiger partial charge is 0.399 e. The van der Waals surface area contributed by atoms with Crippen LogP contribution in [0.3, 0.4) is 0 Å². The van der Waals surface area contributed by atoms with Crippen molar-refractivity contribution in [2.75, 3.05) is 12.4 Å². The average Bonchev–Trinajstić information content (AvgIpc) is 3.07. The van der Waals surface area contributed by atoms with Crippen LogP contribution in [0.15, 0.2) is 41.3 Å². The van der Waals surface area contributed by atoms with Gasteiger partial charge in [0.1, 0.15) is 6.04 Å². The van der Waals surface area contributed by atoms with Crippen LogP contribution in [0.25, 0.3) is 0 Å². The third kappa shape index (κ3) is 6.97. The standard InChI is InChI=1S/C24H28F2N3O7PS/c1-13(16-10-18(22(27)31)19-12-36-7-8-38-21(19)11-16)28-23(32)20(29-14(2)30)9-15-3-5-17(6-4-15)24(25,26)37(33,34)35/h3-6,10-11,13,20H,7-9,12H2,1-2H3,(H2,27,31)(H,28,32)(H,29,30)(H2,33,34,35)/t13-,20-/m0/s1. The lowest BCUT2D eigenvalue weighted by Gasteiger charge is -2.23. The van der Waals surface area contributed by atoms with Gasteiger partial charge in [-0.3, -0.25) is 18.9 Å². The highest BCUT2D eigenvalue weighted by atomic mass is 32.2. The van der Waals surface area contributed by atoms with Crippen molar-refractivity contribution in [2.45, 2.75) is 49.5 Å². The van der Waals surface area contributed by atoms with Crippen LogP contribution in [0.5, 0.6) is 0 Å². The molecule has 0 radical (unpaired) electrons. The van der Waals surface area contributed by atoms with Crippen LogP contribution in [0.1, 0.15) is 52.5 Å². The van der Waals surface area contributed by atoms with Crippen molar-refractivity contribution in [3.05, 3.63) is 64.2 Å². The molecule has 0 bridgehead atoms. The molecule has 206 valence electrons. The van der Waals surface area contributed by atoms with Gasteiger partial charge >= 0.3 is 13.3 Å². The van der Waals surface area contributed by atoms with Crippen LogP contribution in [-0.2, 0) is 37.6 Å². The number of ether oxygens (including phenoxy) is 1. The van der Waals surface area contributed by atoms with Gasteiger partial charge in [0.15, 0.2) is 0 Å². The van der Waals surface area contributed by atoms with Crippen LogP contribution in [0.2, 0.25) is 0 Å². The number of alkyl halides is 2. The van der Waals surface area contributed by atoms with Gasteiger partial charge in [-0.05, 0) is 30.2 Å². The average molecular weight is 572 g/mol. The number of fused-ring (bicyclic) bond motifs is 1. The first-order chi connectivity index (χ1) is 17.7. The molecule has 1 heterocycles. The number of nitrogens with one attached hydrogen (secondary N) is 2. The summed E-state index contributed by atoms with van der Waals surface area (Å²) in [6.07, 6.45) is -0.0796. The summed E-state index contributed by atoms with van der Waals surface area (Å²) >= 11 is 1.51. The minimum absolute atomic E-state index is 0.0796. The van der Waals surface area contributed by atoms with E-state index in [2.05, 4.69) is 10.6 Å². The molecule has 0 aliphatic carbocycles. The lowest BCUT2D eigenvalue weighted by Crippen LogP contribution is -2.48. The highest BCUT2D eigenvalue weighted by Crippen LogP contribution is 2.59. The van der Waals surface area contributed by atoms with Gasteiger partial charge in [-0.25, -0.2) is 0 Å². The first-order valence-electron chi connectivity index (χ1n) is 11.5. The molecule has 2 aromatic carbocycles. The van der Waals surface area contributed by atoms with E-state index in [1.54, 1.807) is 13.0 Å². The molecule has 0 fully saturated rings. The van der Waals surface area contributed by atoms with E-state index >= 15 is 0 Å². The normalized spacial score (nSPS) is 15.5. The minimum Gasteiger partial charge on any atom is -0.376 e. The smallest absolute Gasteiger partial charge is 0.376 e. The summed E-state index contributed by atoms with van der Waals surface area (Å²) in [6, 6.07) is 5.90. The fraction of sp³-hybridized carbons (Fsp3) is 0.375.